The van der Waals surface area contributed by atoms with E-state index in [4.69, 9.17) is 5.26 Å². The second kappa shape index (κ2) is 5.19. The minimum absolute atomic E-state index is 0.0186. The van der Waals surface area contributed by atoms with Gasteiger partial charge in [0.15, 0.2) is 5.12 Å². The van der Waals surface area contributed by atoms with Crippen molar-refractivity contribution in [1.82, 2.24) is 0 Å². The van der Waals surface area contributed by atoms with E-state index in [1.54, 1.807) is 6.07 Å². The van der Waals surface area contributed by atoms with Gasteiger partial charge in [-0.2, -0.15) is 5.26 Å². The maximum absolute atomic E-state index is 13.1. The summed E-state index contributed by atoms with van der Waals surface area (Å²) in [5, 5.41) is 8.14. The summed E-state index contributed by atoms with van der Waals surface area (Å²) in [7, 11) is 0. The van der Waals surface area contributed by atoms with Crippen molar-refractivity contribution in [3.8, 4) is 17.9 Å². The van der Waals surface area contributed by atoms with Gasteiger partial charge in [-0.15, -0.1) is 12.6 Å². The van der Waals surface area contributed by atoms with E-state index < -0.39 is 5.82 Å². The molecule has 1 rings (SSSR count). The SMILES string of the molecule is N#Cc1ccc(C#CCC(=O)S)cc1F. The second-order valence-corrected chi connectivity index (χ2v) is 3.18. The van der Waals surface area contributed by atoms with Gasteiger partial charge in [-0.25, -0.2) is 4.39 Å². The molecule has 0 aliphatic carbocycles. The number of halogens is 1. The third kappa shape index (κ3) is 3.46. The zero-order valence-electron chi connectivity index (χ0n) is 7.62. The molecule has 1 aromatic rings. The molecule has 0 fully saturated rings. The first-order valence-corrected chi connectivity index (χ1v) is 4.48. The third-order valence-electron chi connectivity index (χ3n) is 1.56. The lowest BCUT2D eigenvalue weighted by Gasteiger charge is -1.93. The molecule has 0 atom stereocenters. The Hall–Kier alpha value is -1.78. The van der Waals surface area contributed by atoms with Crippen molar-refractivity contribution in [1.29, 1.82) is 5.26 Å². The third-order valence-corrected chi connectivity index (χ3v) is 1.72. The average molecular weight is 219 g/mol. The normalized spacial score (nSPS) is 8.60. The summed E-state index contributed by atoms with van der Waals surface area (Å²) in [6.07, 6.45) is 0.0186. The van der Waals surface area contributed by atoms with E-state index >= 15 is 0 Å². The number of hydrogen-bond donors (Lipinski definition) is 1. The van der Waals surface area contributed by atoms with Crippen LogP contribution in [0.4, 0.5) is 4.39 Å². The molecular formula is C11H6FNOS. The highest BCUT2D eigenvalue weighted by molar-refractivity contribution is 7.96. The quantitative estimate of drug-likeness (QED) is 0.579. The summed E-state index contributed by atoms with van der Waals surface area (Å²) in [5.74, 6) is 4.53. The van der Waals surface area contributed by atoms with E-state index in [9.17, 15) is 9.18 Å². The van der Waals surface area contributed by atoms with Crippen LogP contribution in [0.2, 0.25) is 0 Å². The molecule has 0 amide bonds. The van der Waals surface area contributed by atoms with Crippen LogP contribution < -0.4 is 0 Å². The molecule has 0 aliphatic rings. The summed E-state index contributed by atoms with van der Waals surface area (Å²) in [4.78, 5) is 10.4. The smallest absolute Gasteiger partial charge is 0.197 e. The summed E-state index contributed by atoms with van der Waals surface area (Å²) >= 11 is 3.54. The van der Waals surface area contributed by atoms with Gasteiger partial charge >= 0.3 is 0 Å². The molecule has 74 valence electrons. The monoisotopic (exact) mass is 219 g/mol. The van der Waals surface area contributed by atoms with Crippen molar-refractivity contribution in [2.24, 2.45) is 0 Å². The molecule has 15 heavy (non-hydrogen) atoms. The number of benzene rings is 1. The predicted molar refractivity (Wildman–Crippen MR) is 56.6 cm³/mol. The van der Waals surface area contributed by atoms with E-state index in [1.165, 1.54) is 12.1 Å². The van der Waals surface area contributed by atoms with Gasteiger partial charge in [0.25, 0.3) is 0 Å². The fraction of sp³-hybridized carbons (Fsp3) is 0.0909. The van der Waals surface area contributed by atoms with Crippen LogP contribution in [0.25, 0.3) is 0 Å². The van der Waals surface area contributed by atoms with Gasteiger partial charge in [-0.3, -0.25) is 4.79 Å². The van der Waals surface area contributed by atoms with Crippen molar-refractivity contribution in [2.75, 3.05) is 0 Å². The maximum atomic E-state index is 13.1. The summed E-state index contributed by atoms with van der Waals surface area (Å²) in [6.45, 7) is 0. The first-order chi connectivity index (χ1) is 7.13. The van der Waals surface area contributed by atoms with Gasteiger partial charge in [0, 0.05) is 5.56 Å². The van der Waals surface area contributed by atoms with Crippen molar-refractivity contribution in [3.05, 3.63) is 35.1 Å². The van der Waals surface area contributed by atoms with Gasteiger partial charge in [-0.05, 0) is 18.2 Å². The number of nitriles is 1. The predicted octanol–water partition coefficient (Wildman–Crippen LogP) is 1.90. The van der Waals surface area contributed by atoms with E-state index in [1.807, 2.05) is 0 Å². The molecule has 0 bridgehead atoms. The highest BCUT2D eigenvalue weighted by atomic mass is 32.1. The van der Waals surface area contributed by atoms with Crippen LogP contribution in [0.1, 0.15) is 17.5 Å². The van der Waals surface area contributed by atoms with Crippen molar-refractivity contribution in [3.63, 3.8) is 0 Å². The first-order valence-electron chi connectivity index (χ1n) is 4.04. The van der Waals surface area contributed by atoms with Crippen molar-refractivity contribution < 1.29 is 9.18 Å². The Morgan fingerprint density at radius 2 is 2.27 bits per heavy atom. The van der Waals surface area contributed by atoms with Gasteiger partial charge < -0.3 is 0 Å². The Morgan fingerprint density at radius 1 is 1.53 bits per heavy atom. The van der Waals surface area contributed by atoms with Crippen LogP contribution in [0, 0.1) is 29.0 Å². The van der Waals surface area contributed by atoms with Crippen LogP contribution in [0.3, 0.4) is 0 Å². The molecule has 2 nitrogen and oxygen atoms in total. The Bertz CT molecular complexity index is 494. The van der Waals surface area contributed by atoms with Crippen LogP contribution in [-0.2, 0) is 4.79 Å². The molecule has 0 spiro atoms. The lowest BCUT2D eigenvalue weighted by atomic mass is 10.1. The van der Waals surface area contributed by atoms with Crippen LogP contribution in [0.15, 0.2) is 18.2 Å². The zero-order valence-corrected chi connectivity index (χ0v) is 8.51. The molecule has 0 aliphatic heterocycles. The Balaban J connectivity index is 2.88. The Morgan fingerprint density at radius 3 is 2.80 bits per heavy atom. The highest BCUT2D eigenvalue weighted by Crippen LogP contribution is 2.08. The van der Waals surface area contributed by atoms with E-state index in [0.29, 0.717) is 5.56 Å². The van der Waals surface area contributed by atoms with Crippen molar-refractivity contribution in [2.45, 2.75) is 6.42 Å². The topological polar surface area (TPSA) is 40.9 Å². The molecule has 0 unspecified atom stereocenters. The molecule has 4 heteroatoms. The number of carbonyl (C=O) groups excluding carboxylic acids is 1. The number of hydrogen-bond acceptors (Lipinski definition) is 2. The van der Waals surface area contributed by atoms with E-state index in [2.05, 4.69) is 24.5 Å². The molecule has 0 aromatic heterocycles. The molecule has 0 N–H and O–H groups in total. The molecule has 0 saturated heterocycles. The fourth-order valence-corrected chi connectivity index (χ4v) is 0.984. The summed E-state index contributed by atoms with van der Waals surface area (Å²) < 4.78 is 13.1. The van der Waals surface area contributed by atoms with Gasteiger partial charge in [-0.1, -0.05) is 11.8 Å². The van der Waals surface area contributed by atoms with E-state index in [-0.39, 0.29) is 17.1 Å². The minimum atomic E-state index is -0.610. The van der Waals surface area contributed by atoms with E-state index in [0.717, 1.165) is 6.07 Å². The average Bonchev–Trinajstić information content (AvgIpc) is 2.17. The first kappa shape index (κ1) is 11.3. The zero-order chi connectivity index (χ0) is 11.3. The lowest BCUT2D eigenvalue weighted by molar-refractivity contribution is -0.109. The molecule has 0 saturated carbocycles. The van der Waals surface area contributed by atoms with Gasteiger partial charge in [0.1, 0.15) is 11.9 Å². The lowest BCUT2D eigenvalue weighted by Crippen LogP contribution is -1.85. The Kier molecular flexibility index (Phi) is 3.91. The van der Waals surface area contributed by atoms with Gasteiger partial charge in [0.2, 0.25) is 0 Å². The van der Waals surface area contributed by atoms with Crippen LogP contribution in [0.5, 0.6) is 0 Å². The Labute approximate surface area is 92.1 Å². The maximum Gasteiger partial charge on any atom is 0.197 e. The fourth-order valence-electron chi connectivity index (χ4n) is 0.905. The number of carbonyl (C=O) groups is 1. The number of thiol groups is 1. The number of rotatable bonds is 1. The minimum Gasteiger partial charge on any atom is -0.286 e. The van der Waals surface area contributed by atoms with Crippen LogP contribution in [-0.4, -0.2) is 5.12 Å². The summed E-state index contributed by atoms with van der Waals surface area (Å²) in [5.41, 5.74) is 0.409. The molecule has 1 aromatic carbocycles. The highest BCUT2D eigenvalue weighted by Gasteiger charge is 2.00. The second-order valence-electron chi connectivity index (χ2n) is 2.68. The van der Waals surface area contributed by atoms with Gasteiger partial charge in [0.05, 0.1) is 12.0 Å². The standard InChI is InChI=1S/C11H6FNOS/c12-10-6-8(2-1-3-11(14)15)4-5-9(10)7-13/h4-6H,3H2,(H,14,15). The molecule has 0 radical (unpaired) electrons. The summed E-state index contributed by atoms with van der Waals surface area (Å²) in [6, 6.07) is 5.74. The number of nitrogens with zero attached hydrogens (tertiary/aromatic N) is 1. The van der Waals surface area contributed by atoms with Crippen LogP contribution >= 0.6 is 12.6 Å². The molecule has 0 heterocycles. The largest absolute Gasteiger partial charge is 0.286 e. The molecular weight excluding hydrogens is 213 g/mol. The van der Waals surface area contributed by atoms with Crippen molar-refractivity contribution >= 4 is 17.7 Å².